The van der Waals surface area contributed by atoms with E-state index in [1.165, 1.54) is 0 Å². The minimum atomic E-state index is -0.553. The molecule has 2 aromatic carbocycles. The van der Waals surface area contributed by atoms with Crippen molar-refractivity contribution in [1.29, 1.82) is 0 Å². The highest BCUT2D eigenvalue weighted by Gasteiger charge is 2.26. The molecular formula is C25H33ClN2O3S. The molecule has 0 fully saturated rings. The van der Waals surface area contributed by atoms with Crippen LogP contribution in [0.15, 0.2) is 53.4 Å². The maximum absolute atomic E-state index is 13.1. The first kappa shape index (κ1) is 26.1. The van der Waals surface area contributed by atoms with Crippen molar-refractivity contribution in [2.75, 3.05) is 12.9 Å². The summed E-state index contributed by atoms with van der Waals surface area (Å²) in [5, 5.41) is 3.71. The molecule has 5 nitrogen and oxygen atoms in total. The fraction of sp³-hybridized carbons (Fsp3) is 0.440. The van der Waals surface area contributed by atoms with Crippen LogP contribution in [-0.4, -0.2) is 41.7 Å². The van der Waals surface area contributed by atoms with Crippen molar-refractivity contribution < 1.29 is 14.3 Å². The molecule has 2 atom stereocenters. The lowest BCUT2D eigenvalue weighted by atomic mass is 10.1. The number of hydrogen-bond acceptors (Lipinski definition) is 4. The summed E-state index contributed by atoms with van der Waals surface area (Å²) in [5.41, 5.74) is 0.956. The number of carbonyl (C=O) groups excluding carboxylic acids is 2. The monoisotopic (exact) mass is 476 g/mol. The zero-order valence-electron chi connectivity index (χ0n) is 19.3. The van der Waals surface area contributed by atoms with Gasteiger partial charge in [0.25, 0.3) is 0 Å². The van der Waals surface area contributed by atoms with E-state index in [1.54, 1.807) is 30.7 Å². The Bertz CT molecular complexity index is 858. The number of ether oxygens (including phenoxy) is 1. The molecule has 0 unspecified atom stereocenters. The molecule has 0 bridgehead atoms. The first-order valence-electron chi connectivity index (χ1n) is 10.9. The van der Waals surface area contributed by atoms with Crippen molar-refractivity contribution in [2.24, 2.45) is 0 Å². The number of amides is 2. The molecule has 0 saturated carbocycles. The van der Waals surface area contributed by atoms with Crippen LogP contribution >= 0.6 is 23.4 Å². The van der Waals surface area contributed by atoms with E-state index in [0.29, 0.717) is 18.0 Å². The molecule has 32 heavy (non-hydrogen) atoms. The zero-order valence-corrected chi connectivity index (χ0v) is 20.8. The average molecular weight is 477 g/mol. The Morgan fingerprint density at radius 3 is 2.34 bits per heavy atom. The Morgan fingerprint density at radius 2 is 1.75 bits per heavy atom. The van der Waals surface area contributed by atoms with Gasteiger partial charge in [0, 0.05) is 28.9 Å². The van der Waals surface area contributed by atoms with Crippen LogP contribution in [0.5, 0.6) is 5.75 Å². The van der Waals surface area contributed by atoms with Crippen LogP contribution in [0.2, 0.25) is 5.02 Å². The van der Waals surface area contributed by atoms with E-state index in [2.05, 4.69) is 5.32 Å². The van der Waals surface area contributed by atoms with Crippen molar-refractivity contribution in [2.45, 2.75) is 63.6 Å². The number of methoxy groups -OCH3 is 1. The van der Waals surface area contributed by atoms with Gasteiger partial charge in [-0.05, 0) is 74.4 Å². The van der Waals surface area contributed by atoms with Gasteiger partial charge < -0.3 is 15.0 Å². The van der Waals surface area contributed by atoms with Crippen LogP contribution in [0, 0.1) is 0 Å². The molecule has 0 radical (unpaired) electrons. The lowest BCUT2D eigenvalue weighted by Gasteiger charge is -2.30. The van der Waals surface area contributed by atoms with Crippen LogP contribution in [-0.2, 0) is 16.1 Å². The third-order valence-electron chi connectivity index (χ3n) is 5.30. The molecule has 0 spiro atoms. The van der Waals surface area contributed by atoms with Gasteiger partial charge in [0.05, 0.1) is 7.11 Å². The summed E-state index contributed by atoms with van der Waals surface area (Å²) in [7, 11) is 1.62. The Balaban J connectivity index is 2.01. The summed E-state index contributed by atoms with van der Waals surface area (Å²) < 4.78 is 5.22. The van der Waals surface area contributed by atoms with E-state index >= 15 is 0 Å². The van der Waals surface area contributed by atoms with Gasteiger partial charge in [-0.3, -0.25) is 9.59 Å². The average Bonchev–Trinajstić information content (AvgIpc) is 2.81. The van der Waals surface area contributed by atoms with Crippen LogP contribution in [0.3, 0.4) is 0 Å². The summed E-state index contributed by atoms with van der Waals surface area (Å²) in [6.45, 7) is 6.16. The number of nitrogens with zero attached hydrogens (tertiary/aromatic N) is 1. The molecule has 2 rings (SSSR count). The molecule has 0 saturated heterocycles. The van der Waals surface area contributed by atoms with Crippen molar-refractivity contribution in [1.82, 2.24) is 10.2 Å². The Hall–Kier alpha value is -2.18. The van der Waals surface area contributed by atoms with Crippen molar-refractivity contribution in [3.63, 3.8) is 0 Å². The van der Waals surface area contributed by atoms with Gasteiger partial charge in [-0.25, -0.2) is 0 Å². The van der Waals surface area contributed by atoms with Crippen molar-refractivity contribution >= 4 is 35.2 Å². The molecule has 2 amide bonds. The second-order valence-corrected chi connectivity index (χ2v) is 9.37. The quantitative estimate of drug-likeness (QED) is 0.322. The first-order valence-corrected chi connectivity index (χ1v) is 12.3. The standard InChI is InChI=1S/C25H33ClN2O3S/c1-5-18(2)27-25(30)19(3)28(17-20-8-12-22(31-4)13-9-20)24(29)7-6-16-32-23-14-10-21(26)11-15-23/h8-15,18-19H,5-7,16-17H2,1-4H3,(H,27,30)/t18-,19+/m0/s1. The third-order valence-corrected chi connectivity index (χ3v) is 6.65. The van der Waals surface area contributed by atoms with Gasteiger partial charge in [0.15, 0.2) is 0 Å². The van der Waals surface area contributed by atoms with Crippen molar-refractivity contribution in [3.8, 4) is 5.75 Å². The highest BCUT2D eigenvalue weighted by molar-refractivity contribution is 7.99. The van der Waals surface area contributed by atoms with E-state index < -0.39 is 6.04 Å². The largest absolute Gasteiger partial charge is 0.497 e. The maximum Gasteiger partial charge on any atom is 0.242 e. The number of hydrogen-bond donors (Lipinski definition) is 1. The molecule has 0 aliphatic carbocycles. The molecule has 0 aromatic heterocycles. The van der Waals surface area contributed by atoms with E-state index in [0.717, 1.165) is 34.8 Å². The molecule has 0 aliphatic heterocycles. The molecule has 0 aliphatic rings. The zero-order chi connectivity index (χ0) is 23.5. The number of benzene rings is 2. The third kappa shape index (κ3) is 8.40. The number of nitrogens with one attached hydrogen (secondary N) is 1. The first-order chi connectivity index (χ1) is 15.3. The number of rotatable bonds is 12. The van der Waals surface area contributed by atoms with E-state index in [1.807, 2.05) is 62.4 Å². The van der Waals surface area contributed by atoms with Crippen LogP contribution in [0.1, 0.15) is 45.6 Å². The summed E-state index contributed by atoms with van der Waals surface area (Å²) in [4.78, 5) is 28.7. The second-order valence-electron chi connectivity index (χ2n) is 7.77. The Kier molecular flexibility index (Phi) is 10.9. The van der Waals surface area contributed by atoms with E-state index in [-0.39, 0.29) is 17.9 Å². The summed E-state index contributed by atoms with van der Waals surface area (Å²) in [6.07, 6.45) is 1.95. The second kappa shape index (κ2) is 13.4. The highest BCUT2D eigenvalue weighted by Crippen LogP contribution is 2.22. The molecule has 174 valence electrons. The fourth-order valence-electron chi connectivity index (χ4n) is 3.06. The molecule has 1 N–H and O–H groups in total. The predicted octanol–water partition coefficient (Wildman–Crippen LogP) is 5.55. The normalized spacial score (nSPS) is 12.7. The lowest BCUT2D eigenvalue weighted by molar-refractivity contribution is -0.140. The van der Waals surface area contributed by atoms with Crippen LogP contribution < -0.4 is 10.1 Å². The fourth-order valence-corrected chi connectivity index (χ4v) is 4.04. The smallest absolute Gasteiger partial charge is 0.242 e. The number of halogens is 1. The minimum Gasteiger partial charge on any atom is -0.497 e. The SMILES string of the molecule is CC[C@H](C)NC(=O)[C@@H](C)N(Cc1ccc(OC)cc1)C(=O)CCCSc1ccc(Cl)cc1. The predicted molar refractivity (Wildman–Crippen MR) is 132 cm³/mol. The number of thioether (sulfide) groups is 1. The highest BCUT2D eigenvalue weighted by atomic mass is 35.5. The van der Waals surface area contributed by atoms with Gasteiger partial charge in [0.2, 0.25) is 11.8 Å². The topological polar surface area (TPSA) is 58.6 Å². The summed E-state index contributed by atoms with van der Waals surface area (Å²) in [6, 6.07) is 14.8. The van der Waals surface area contributed by atoms with Gasteiger partial charge in [-0.15, -0.1) is 11.8 Å². The molecule has 7 heteroatoms. The summed E-state index contributed by atoms with van der Waals surface area (Å²) in [5.74, 6) is 1.42. The van der Waals surface area contributed by atoms with Gasteiger partial charge in [-0.1, -0.05) is 30.7 Å². The molecule has 0 heterocycles. The Labute approximate surface area is 200 Å². The lowest BCUT2D eigenvalue weighted by Crippen LogP contribution is -2.49. The van der Waals surface area contributed by atoms with E-state index in [9.17, 15) is 9.59 Å². The van der Waals surface area contributed by atoms with Gasteiger partial charge in [0.1, 0.15) is 11.8 Å². The number of carbonyl (C=O) groups is 2. The maximum atomic E-state index is 13.1. The van der Waals surface area contributed by atoms with Gasteiger partial charge >= 0.3 is 0 Å². The van der Waals surface area contributed by atoms with Crippen molar-refractivity contribution in [3.05, 3.63) is 59.1 Å². The summed E-state index contributed by atoms with van der Waals surface area (Å²) >= 11 is 7.62. The van der Waals surface area contributed by atoms with Crippen LogP contribution in [0.4, 0.5) is 0 Å². The Morgan fingerprint density at radius 1 is 1.09 bits per heavy atom. The minimum absolute atomic E-state index is 0.0238. The van der Waals surface area contributed by atoms with Crippen LogP contribution in [0.25, 0.3) is 0 Å². The molecule has 2 aromatic rings. The van der Waals surface area contributed by atoms with E-state index in [4.69, 9.17) is 16.3 Å². The van der Waals surface area contributed by atoms with Gasteiger partial charge in [-0.2, -0.15) is 0 Å². The molecular weight excluding hydrogens is 444 g/mol.